The van der Waals surface area contributed by atoms with Gasteiger partial charge in [-0.25, -0.2) is 4.39 Å². The van der Waals surface area contributed by atoms with Crippen LogP contribution in [0.5, 0.6) is 0 Å². The summed E-state index contributed by atoms with van der Waals surface area (Å²) in [4.78, 5) is 19.7. The predicted molar refractivity (Wildman–Crippen MR) is 47.8 cm³/mol. The van der Waals surface area contributed by atoms with Crippen LogP contribution in [0.2, 0.25) is 5.02 Å². The van der Waals surface area contributed by atoms with E-state index in [-0.39, 0.29) is 6.41 Å². The van der Waals surface area contributed by atoms with Gasteiger partial charge < -0.3 is 5.32 Å². The molecular formula is C7H4ClFN2O3. The molecule has 0 atom stereocenters. The highest BCUT2D eigenvalue weighted by Gasteiger charge is 2.18. The number of hydrogen-bond donors (Lipinski definition) is 1. The molecule has 1 aromatic carbocycles. The van der Waals surface area contributed by atoms with E-state index in [4.69, 9.17) is 11.6 Å². The summed E-state index contributed by atoms with van der Waals surface area (Å²) in [7, 11) is 0. The third kappa shape index (κ3) is 1.80. The summed E-state index contributed by atoms with van der Waals surface area (Å²) >= 11 is 5.48. The molecule has 0 aliphatic rings. The average molecular weight is 219 g/mol. The largest absolute Gasteiger partial charge is 0.325 e. The zero-order chi connectivity index (χ0) is 10.7. The Morgan fingerprint density at radius 1 is 1.57 bits per heavy atom. The number of nitrogens with one attached hydrogen (secondary N) is 1. The number of nitro groups is 1. The molecule has 7 heteroatoms. The van der Waals surface area contributed by atoms with Crippen LogP contribution in [-0.2, 0) is 4.79 Å². The first-order valence-electron chi connectivity index (χ1n) is 3.40. The van der Waals surface area contributed by atoms with E-state index in [0.717, 1.165) is 12.1 Å². The molecule has 0 bridgehead atoms. The zero-order valence-electron chi connectivity index (χ0n) is 6.66. The van der Waals surface area contributed by atoms with Gasteiger partial charge in [-0.2, -0.15) is 0 Å². The Bertz CT molecular complexity index is 397. The van der Waals surface area contributed by atoms with Crippen molar-refractivity contribution in [3.05, 3.63) is 33.1 Å². The molecule has 0 saturated heterocycles. The van der Waals surface area contributed by atoms with Crippen LogP contribution in [0.15, 0.2) is 12.1 Å². The Kier molecular flexibility index (Phi) is 2.98. The molecule has 1 aromatic rings. The number of nitro benzene ring substituents is 1. The molecule has 0 unspecified atom stereocenters. The number of carbonyl (C=O) groups excluding carboxylic acids is 1. The van der Waals surface area contributed by atoms with E-state index < -0.39 is 27.1 Å². The molecule has 0 aliphatic heterocycles. The van der Waals surface area contributed by atoms with Gasteiger partial charge in [0.1, 0.15) is 16.5 Å². The minimum atomic E-state index is -0.826. The second-order valence-corrected chi connectivity index (χ2v) is 2.65. The minimum Gasteiger partial charge on any atom is -0.325 e. The Balaban J connectivity index is 3.32. The number of halogens is 2. The second kappa shape index (κ2) is 4.01. The summed E-state index contributed by atoms with van der Waals surface area (Å²) in [5.74, 6) is -0.826. The molecule has 0 heterocycles. The smallest absolute Gasteiger partial charge is 0.290 e. The fourth-order valence-corrected chi connectivity index (χ4v) is 1.15. The quantitative estimate of drug-likeness (QED) is 0.479. The fourth-order valence-electron chi connectivity index (χ4n) is 0.874. The summed E-state index contributed by atoms with van der Waals surface area (Å²) in [6.45, 7) is 0. The van der Waals surface area contributed by atoms with Crippen molar-refractivity contribution < 1.29 is 14.1 Å². The number of carbonyl (C=O) groups is 1. The van der Waals surface area contributed by atoms with E-state index in [1.165, 1.54) is 0 Å². The Hall–Kier alpha value is -1.69. The van der Waals surface area contributed by atoms with Crippen molar-refractivity contribution in [1.82, 2.24) is 0 Å². The van der Waals surface area contributed by atoms with Crippen LogP contribution in [-0.4, -0.2) is 11.3 Å². The molecule has 0 aromatic heterocycles. The minimum absolute atomic E-state index is 0.189. The zero-order valence-corrected chi connectivity index (χ0v) is 7.42. The van der Waals surface area contributed by atoms with Gasteiger partial charge in [-0.15, -0.1) is 0 Å². The topological polar surface area (TPSA) is 72.2 Å². The summed E-state index contributed by atoms with van der Waals surface area (Å²) in [6.07, 6.45) is 0.189. The van der Waals surface area contributed by atoms with Crippen LogP contribution < -0.4 is 5.32 Å². The van der Waals surface area contributed by atoms with Gasteiger partial charge in [0.2, 0.25) is 6.41 Å². The van der Waals surface area contributed by atoms with Gasteiger partial charge in [-0.3, -0.25) is 14.9 Å². The highest BCUT2D eigenvalue weighted by atomic mass is 35.5. The van der Waals surface area contributed by atoms with Gasteiger partial charge in [0.25, 0.3) is 5.69 Å². The third-order valence-corrected chi connectivity index (χ3v) is 1.85. The van der Waals surface area contributed by atoms with Crippen molar-refractivity contribution >= 4 is 29.4 Å². The lowest BCUT2D eigenvalue weighted by molar-refractivity contribution is -0.384. The van der Waals surface area contributed by atoms with Crippen LogP contribution in [0.4, 0.5) is 15.8 Å². The Labute approximate surface area is 82.6 Å². The van der Waals surface area contributed by atoms with Crippen molar-refractivity contribution in [3.8, 4) is 0 Å². The van der Waals surface area contributed by atoms with E-state index in [0.29, 0.717) is 0 Å². The lowest BCUT2D eigenvalue weighted by Crippen LogP contribution is -2.00. The first-order chi connectivity index (χ1) is 6.57. The molecule has 0 radical (unpaired) electrons. The van der Waals surface area contributed by atoms with Gasteiger partial charge in [-0.05, 0) is 6.07 Å². The molecule has 0 fully saturated rings. The summed E-state index contributed by atoms with van der Waals surface area (Å²) < 4.78 is 13.0. The monoisotopic (exact) mass is 218 g/mol. The molecule has 5 nitrogen and oxygen atoms in total. The molecular weight excluding hydrogens is 215 g/mol. The van der Waals surface area contributed by atoms with E-state index in [9.17, 15) is 19.3 Å². The molecule has 0 spiro atoms. The predicted octanol–water partition coefficient (Wildman–Crippen LogP) is 1.96. The van der Waals surface area contributed by atoms with E-state index in [2.05, 4.69) is 0 Å². The molecule has 0 saturated carbocycles. The van der Waals surface area contributed by atoms with Gasteiger partial charge >= 0.3 is 0 Å². The second-order valence-electron chi connectivity index (χ2n) is 2.27. The van der Waals surface area contributed by atoms with Gasteiger partial charge in [0, 0.05) is 6.07 Å². The molecule has 1 rings (SSSR count). The van der Waals surface area contributed by atoms with Crippen LogP contribution >= 0.6 is 11.6 Å². The van der Waals surface area contributed by atoms with Gasteiger partial charge in [0.15, 0.2) is 0 Å². The number of nitrogens with zero attached hydrogens (tertiary/aromatic N) is 1. The maximum Gasteiger partial charge on any atom is 0.290 e. The van der Waals surface area contributed by atoms with Gasteiger partial charge in [-0.1, -0.05) is 11.6 Å². The summed E-state index contributed by atoms with van der Waals surface area (Å²) in [5.41, 5.74) is -0.853. The highest BCUT2D eigenvalue weighted by molar-refractivity contribution is 6.35. The first-order valence-corrected chi connectivity index (χ1v) is 3.78. The van der Waals surface area contributed by atoms with Crippen molar-refractivity contribution in [3.63, 3.8) is 0 Å². The Morgan fingerprint density at radius 3 is 2.71 bits per heavy atom. The Morgan fingerprint density at radius 2 is 2.21 bits per heavy atom. The van der Waals surface area contributed by atoms with Crippen molar-refractivity contribution in [2.24, 2.45) is 0 Å². The highest BCUT2D eigenvalue weighted by Crippen LogP contribution is 2.33. The van der Waals surface area contributed by atoms with Crippen molar-refractivity contribution in [1.29, 1.82) is 0 Å². The number of benzene rings is 1. The van der Waals surface area contributed by atoms with E-state index in [1.54, 1.807) is 0 Å². The summed E-state index contributed by atoms with van der Waals surface area (Å²) in [5, 5.41) is 11.9. The lowest BCUT2D eigenvalue weighted by atomic mass is 10.2. The molecule has 1 amide bonds. The number of rotatable bonds is 3. The van der Waals surface area contributed by atoms with Crippen molar-refractivity contribution in [2.75, 3.05) is 5.32 Å². The van der Waals surface area contributed by atoms with E-state index >= 15 is 0 Å². The van der Waals surface area contributed by atoms with Crippen LogP contribution in [0.25, 0.3) is 0 Å². The average Bonchev–Trinajstić information content (AvgIpc) is 2.11. The number of anilines is 1. The fraction of sp³-hybridized carbons (Fsp3) is 0. The number of amides is 1. The first kappa shape index (κ1) is 10.4. The van der Waals surface area contributed by atoms with Gasteiger partial charge in [0.05, 0.1) is 4.92 Å². The van der Waals surface area contributed by atoms with Crippen LogP contribution in [0.1, 0.15) is 0 Å². The molecule has 0 aliphatic carbocycles. The number of hydrogen-bond acceptors (Lipinski definition) is 3. The third-order valence-electron chi connectivity index (χ3n) is 1.47. The van der Waals surface area contributed by atoms with Crippen molar-refractivity contribution in [2.45, 2.75) is 0 Å². The normalized spacial score (nSPS) is 9.57. The lowest BCUT2D eigenvalue weighted by Gasteiger charge is -2.03. The molecule has 1 N–H and O–H groups in total. The summed E-state index contributed by atoms with van der Waals surface area (Å²) in [6, 6.07) is 1.78. The SMILES string of the molecule is O=CNc1c(F)ccc([N+](=O)[O-])c1Cl. The molecule has 14 heavy (non-hydrogen) atoms. The maximum atomic E-state index is 13.0. The molecule has 74 valence electrons. The standard InChI is InChI=1S/C7H4ClFN2O3/c8-6-5(11(13)14)2-1-4(9)7(6)10-3-12/h1-3H,(H,10,12). The maximum absolute atomic E-state index is 13.0. The van der Waals surface area contributed by atoms with Crippen LogP contribution in [0.3, 0.4) is 0 Å². The van der Waals surface area contributed by atoms with E-state index in [1.807, 2.05) is 5.32 Å². The van der Waals surface area contributed by atoms with Crippen LogP contribution in [0, 0.1) is 15.9 Å².